The second-order valence-corrected chi connectivity index (χ2v) is 6.40. The van der Waals surface area contributed by atoms with E-state index in [2.05, 4.69) is 38.9 Å². The van der Waals surface area contributed by atoms with Gasteiger partial charge in [0.05, 0.1) is 5.02 Å². The van der Waals surface area contributed by atoms with E-state index in [4.69, 9.17) is 23.2 Å². The van der Waals surface area contributed by atoms with Crippen LogP contribution >= 0.6 is 39.1 Å². The highest BCUT2D eigenvalue weighted by Crippen LogP contribution is 2.25. The average Bonchev–Trinajstić information content (AvgIpc) is 2.79. The van der Waals surface area contributed by atoms with Crippen molar-refractivity contribution in [3.8, 4) is 5.69 Å². The molecule has 0 amide bonds. The Kier molecular flexibility index (Phi) is 4.20. The van der Waals surface area contributed by atoms with Gasteiger partial charge in [-0.15, -0.1) is 11.6 Å². The van der Waals surface area contributed by atoms with E-state index < -0.39 is 0 Å². The Morgan fingerprint density at radius 3 is 2.81 bits per heavy atom. The zero-order valence-corrected chi connectivity index (χ0v) is 14.4. The molecular weight excluding hydrogens is 373 g/mol. The van der Waals surface area contributed by atoms with Crippen LogP contribution < -0.4 is 0 Å². The van der Waals surface area contributed by atoms with E-state index in [-0.39, 0.29) is 0 Å². The highest BCUT2D eigenvalue weighted by Gasteiger charge is 2.14. The summed E-state index contributed by atoms with van der Waals surface area (Å²) in [6, 6.07) is 7.98. The Morgan fingerprint density at radius 1 is 1.29 bits per heavy atom. The van der Waals surface area contributed by atoms with Crippen molar-refractivity contribution in [1.29, 1.82) is 0 Å². The molecule has 2 heterocycles. The van der Waals surface area contributed by atoms with Gasteiger partial charge in [0.2, 0.25) is 0 Å². The molecule has 0 spiro atoms. The third-order valence-electron chi connectivity index (χ3n) is 3.25. The van der Waals surface area contributed by atoms with Crippen LogP contribution in [0.1, 0.15) is 11.4 Å². The van der Waals surface area contributed by atoms with Crippen molar-refractivity contribution in [1.82, 2.24) is 14.5 Å². The van der Waals surface area contributed by atoms with Gasteiger partial charge in [-0.2, -0.15) is 0 Å². The van der Waals surface area contributed by atoms with Crippen molar-refractivity contribution in [2.24, 2.45) is 0 Å². The number of hydrogen-bond acceptors (Lipinski definition) is 2. The lowest BCUT2D eigenvalue weighted by atomic mass is 10.2. The molecule has 3 nitrogen and oxygen atoms in total. The van der Waals surface area contributed by atoms with E-state index in [9.17, 15) is 0 Å². The van der Waals surface area contributed by atoms with Gasteiger partial charge in [0.1, 0.15) is 11.3 Å². The van der Waals surface area contributed by atoms with Crippen LogP contribution in [0.2, 0.25) is 5.02 Å². The van der Waals surface area contributed by atoms with E-state index >= 15 is 0 Å². The van der Waals surface area contributed by atoms with Crippen LogP contribution in [-0.2, 0) is 6.42 Å². The van der Waals surface area contributed by atoms with Gasteiger partial charge in [0.15, 0.2) is 5.65 Å². The van der Waals surface area contributed by atoms with E-state index in [0.717, 1.165) is 32.7 Å². The Labute approximate surface area is 141 Å². The van der Waals surface area contributed by atoms with Gasteiger partial charge in [0, 0.05) is 28.7 Å². The highest BCUT2D eigenvalue weighted by atomic mass is 79.9. The Balaban J connectivity index is 2.27. The van der Waals surface area contributed by atoms with E-state index in [0.29, 0.717) is 17.3 Å². The third kappa shape index (κ3) is 2.80. The summed E-state index contributed by atoms with van der Waals surface area (Å²) in [4.78, 5) is 9.04. The second-order valence-electron chi connectivity index (χ2n) is 4.73. The maximum Gasteiger partial charge on any atom is 0.164 e. The zero-order valence-electron chi connectivity index (χ0n) is 11.3. The first-order valence-electron chi connectivity index (χ1n) is 6.45. The predicted octanol–water partition coefficient (Wildman–Crippen LogP) is 4.93. The molecule has 0 bridgehead atoms. The topological polar surface area (TPSA) is 30.7 Å². The number of rotatable bonds is 3. The molecule has 0 unspecified atom stereocenters. The minimum atomic E-state index is 0.507. The number of imidazole rings is 1. The van der Waals surface area contributed by atoms with Crippen molar-refractivity contribution in [2.45, 2.75) is 13.3 Å². The third-order valence-corrected chi connectivity index (χ3v) is 4.54. The molecule has 0 fully saturated rings. The van der Waals surface area contributed by atoms with E-state index in [1.54, 1.807) is 6.20 Å². The smallest absolute Gasteiger partial charge is 0.164 e. The van der Waals surface area contributed by atoms with Crippen molar-refractivity contribution in [3.05, 3.63) is 51.3 Å². The molecule has 108 valence electrons. The fourth-order valence-corrected chi connectivity index (χ4v) is 2.85. The molecule has 0 aliphatic heterocycles. The summed E-state index contributed by atoms with van der Waals surface area (Å²) >= 11 is 15.4. The Hall–Kier alpha value is -1.10. The van der Waals surface area contributed by atoms with Gasteiger partial charge >= 0.3 is 0 Å². The number of pyridine rings is 1. The molecule has 0 saturated carbocycles. The summed E-state index contributed by atoms with van der Waals surface area (Å²) in [6.07, 6.45) is 2.31. The average molecular weight is 385 g/mol. The molecule has 6 heteroatoms. The maximum absolute atomic E-state index is 6.01. The summed E-state index contributed by atoms with van der Waals surface area (Å²) in [5.41, 5.74) is 3.75. The van der Waals surface area contributed by atoms with Crippen LogP contribution in [0.25, 0.3) is 16.9 Å². The minimum absolute atomic E-state index is 0.507. The molecule has 1 aromatic carbocycles. The van der Waals surface area contributed by atoms with Crippen LogP contribution in [0.15, 0.2) is 34.9 Å². The van der Waals surface area contributed by atoms with Crippen LogP contribution in [0.4, 0.5) is 0 Å². The summed E-state index contributed by atoms with van der Waals surface area (Å²) in [5, 5.41) is 0.580. The van der Waals surface area contributed by atoms with Gasteiger partial charge < -0.3 is 0 Å². The maximum atomic E-state index is 6.01. The molecule has 0 radical (unpaired) electrons. The highest BCUT2D eigenvalue weighted by molar-refractivity contribution is 9.10. The summed E-state index contributed by atoms with van der Waals surface area (Å²) in [6.45, 7) is 2.05. The van der Waals surface area contributed by atoms with Gasteiger partial charge in [-0.25, -0.2) is 9.97 Å². The van der Waals surface area contributed by atoms with Crippen LogP contribution in [0.3, 0.4) is 0 Å². The number of benzene rings is 1. The van der Waals surface area contributed by atoms with Gasteiger partial charge in [-0.05, 0) is 36.8 Å². The normalized spacial score (nSPS) is 11.2. The Morgan fingerprint density at radius 2 is 2.10 bits per heavy atom. The number of aryl methyl sites for hydroxylation is 2. The first-order valence-corrected chi connectivity index (χ1v) is 8.16. The molecule has 0 N–H and O–H groups in total. The number of nitrogens with zero attached hydrogens (tertiary/aromatic N) is 3. The van der Waals surface area contributed by atoms with Crippen LogP contribution in [-0.4, -0.2) is 20.4 Å². The zero-order chi connectivity index (χ0) is 15.0. The van der Waals surface area contributed by atoms with E-state index in [1.807, 2.05) is 22.8 Å². The second kappa shape index (κ2) is 5.95. The lowest BCUT2D eigenvalue weighted by molar-refractivity contribution is 0.904. The SMILES string of the molecule is Cc1cc(-n2c(CCCl)nc3cc(Cl)cnc32)ccc1Br. The van der Waals surface area contributed by atoms with Crippen molar-refractivity contribution >= 4 is 50.3 Å². The lowest BCUT2D eigenvalue weighted by Crippen LogP contribution is -2.03. The fourth-order valence-electron chi connectivity index (χ4n) is 2.28. The fraction of sp³-hybridized carbons (Fsp3) is 0.200. The number of hydrogen-bond donors (Lipinski definition) is 0. The number of aromatic nitrogens is 3. The summed E-state index contributed by atoms with van der Waals surface area (Å²) < 4.78 is 3.11. The summed E-state index contributed by atoms with van der Waals surface area (Å²) in [7, 11) is 0. The largest absolute Gasteiger partial charge is 0.281 e. The first kappa shape index (κ1) is 14.8. The van der Waals surface area contributed by atoms with Crippen molar-refractivity contribution < 1.29 is 0 Å². The summed E-state index contributed by atoms with van der Waals surface area (Å²) in [5.74, 6) is 1.39. The van der Waals surface area contributed by atoms with Crippen LogP contribution in [0, 0.1) is 6.92 Å². The van der Waals surface area contributed by atoms with Gasteiger partial charge in [-0.3, -0.25) is 4.57 Å². The molecule has 0 atom stereocenters. The molecule has 2 aromatic heterocycles. The molecule has 0 saturated heterocycles. The lowest BCUT2D eigenvalue weighted by Gasteiger charge is -2.09. The molecule has 0 aliphatic rings. The molecule has 3 rings (SSSR count). The number of alkyl halides is 1. The first-order chi connectivity index (χ1) is 10.1. The Bertz CT molecular complexity index is 814. The van der Waals surface area contributed by atoms with Crippen molar-refractivity contribution in [2.75, 3.05) is 5.88 Å². The van der Waals surface area contributed by atoms with Crippen molar-refractivity contribution in [3.63, 3.8) is 0 Å². The van der Waals surface area contributed by atoms with Gasteiger partial charge in [-0.1, -0.05) is 27.5 Å². The van der Waals surface area contributed by atoms with Crippen LogP contribution in [0.5, 0.6) is 0 Å². The van der Waals surface area contributed by atoms with Gasteiger partial charge in [0.25, 0.3) is 0 Å². The molecule has 21 heavy (non-hydrogen) atoms. The minimum Gasteiger partial charge on any atom is -0.281 e. The molecular formula is C15H12BrCl2N3. The van der Waals surface area contributed by atoms with E-state index in [1.165, 1.54) is 0 Å². The number of halogens is 3. The molecule has 3 aromatic rings. The monoisotopic (exact) mass is 383 g/mol. The predicted molar refractivity (Wildman–Crippen MR) is 90.7 cm³/mol. The standard InChI is InChI=1S/C15H12BrCl2N3/c1-9-6-11(2-3-12(9)16)21-14(4-5-17)20-13-7-10(18)8-19-15(13)21/h2-3,6-8H,4-5H2,1H3. The molecule has 0 aliphatic carbocycles. The number of fused-ring (bicyclic) bond motifs is 1. The quantitative estimate of drug-likeness (QED) is 0.599.